The van der Waals surface area contributed by atoms with Gasteiger partial charge in [0.1, 0.15) is 17.5 Å². The molecule has 7 nitrogen and oxygen atoms in total. The highest BCUT2D eigenvalue weighted by molar-refractivity contribution is 6.32. The van der Waals surface area contributed by atoms with Crippen molar-refractivity contribution in [3.05, 3.63) is 41.5 Å². The molecule has 4 aliphatic rings. The van der Waals surface area contributed by atoms with Crippen LogP contribution in [0.5, 0.6) is 5.75 Å². The van der Waals surface area contributed by atoms with Gasteiger partial charge in [0, 0.05) is 11.3 Å². The topological polar surface area (TPSA) is 126 Å². The molecule has 1 aromatic carbocycles. The summed E-state index contributed by atoms with van der Waals surface area (Å²) in [5, 5.41) is 23.3. The maximum Gasteiger partial charge on any atom is 0.190 e. The minimum Gasteiger partial charge on any atom is -0.507 e. The minimum absolute atomic E-state index is 0.0369. The SMILES string of the molecule is C=C(C[C@@H]1c2cccc(O)c2C(=O)C2C(=O)[C@@]3(O)C(=O)C(C(C)=O)C(=O)C(C(C)C)[C@@]3(C)[C@H](C)[C@]21C)C1CCCC1. The molecule has 0 bridgehead atoms. The Balaban J connectivity index is 1.79. The number of carbonyl (C=O) groups excluding carboxylic acids is 5. The molecule has 41 heavy (non-hydrogen) atoms. The molecule has 0 spiro atoms. The Morgan fingerprint density at radius 1 is 1.07 bits per heavy atom. The second kappa shape index (κ2) is 9.55. The molecule has 3 fully saturated rings. The second-order valence-electron chi connectivity index (χ2n) is 13.9. The number of hydrogen-bond acceptors (Lipinski definition) is 7. The van der Waals surface area contributed by atoms with Crippen molar-refractivity contribution in [3.63, 3.8) is 0 Å². The highest BCUT2D eigenvalue weighted by Gasteiger charge is 2.79. The van der Waals surface area contributed by atoms with Gasteiger partial charge in [-0.2, -0.15) is 0 Å². The lowest BCUT2D eigenvalue weighted by atomic mass is 9.34. The van der Waals surface area contributed by atoms with E-state index in [4.69, 9.17) is 0 Å². The highest BCUT2D eigenvalue weighted by Crippen LogP contribution is 2.70. The number of Topliss-reactive ketones (excluding diaryl/α,β-unsaturated/α-hetero) is 5. The quantitative estimate of drug-likeness (QED) is 0.381. The predicted octanol–water partition coefficient (Wildman–Crippen LogP) is 5.02. The van der Waals surface area contributed by atoms with Gasteiger partial charge in [0.15, 0.2) is 28.7 Å². The van der Waals surface area contributed by atoms with E-state index in [0.717, 1.165) is 38.2 Å². The van der Waals surface area contributed by atoms with Gasteiger partial charge in [-0.05, 0) is 66.9 Å². The first-order valence-corrected chi connectivity index (χ1v) is 15.0. The van der Waals surface area contributed by atoms with Gasteiger partial charge in [0.2, 0.25) is 0 Å². The minimum atomic E-state index is -2.72. The lowest BCUT2D eigenvalue weighted by Gasteiger charge is -2.67. The smallest absolute Gasteiger partial charge is 0.190 e. The second-order valence-corrected chi connectivity index (χ2v) is 13.9. The van der Waals surface area contributed by atoms with E-state index >= 15 is 0 Å². The maximum absolute atomic E-state index is 14.7. The fourth-order valence-corrected chi connectivity index (χ4v) is 9.66. The van der Waals surface area contributed by atoms with Gasteiger partial charge in [0.25, 0.3) is 0 Å². The lowest BCUT2D eigenvalue weighted by Crippen LogP contribution is -2.80. The molecule has 1 aromatic rings. The molecule has 5 rings (SSSR count). The van der Waals surface area contributed by atoms with Crippen molar-refractivity contribution < 1.29 is 34.2 Å². The number of phenolic OH excluding ortho intramolecular Hbond substituents is 1. The van der Waals surface area contributed by atoms with Gasteiger partial charge in [0.05, 0.1) is 11.5 Å². The summed E-state index contributed by atoms with van der Waals surface area (Å²) in [6.45, 7) is 14.5. The Hall–Kier alpha value is -2.93. The van der Waals surface area contributed by atoms with Gasteiger partial charge >= 0.3 is 0 Å². The van der Waals surface area contributed by atoms with E-state index < -0.39 is 80.9 Å². The van der Waals surface area contributed by atoms with Crippen LogP contribution in [0.3, 0.4) is 0 Å². The van der Waals surface area contributed by atoms with Crippen LogP contribution in [0.2, 0.25) is 0 Å². The van der Waals surface area contributed by atoms with E-state index in [9.17, 15) is 34.2 Å². The molecule has 0 saturated heterocycles. The summed E-state index contributed by atoms with van der Waals surface area (Å²) in [6.07, 6.45) is 4.74. The van der Waals surface area contributed by atoms with Gasteiger partial charge < -0.3 is 10.2 Å². The number of aliphatic hydroxyl groups is 1. The molecule has 0 aliphatic heterocycles. The summed E-state index contributed by atoms with van der Waals surface area (Å²) in [6, 6.07) is 4.90. The molecule has 220 valence electrons. The first-order valence-electron chi connectivity index (χ1n) is 15.0. The molecule has 4 aliphatic carbocycles. The van der Waals surface area contributed by atoms with Crippen LogP contribution in [-0.2, 0) is 19.2 Å². The van der Waals surface area contributed by atoms with Gasteiger partial charge in [-0.1, -0.05) is 71.7 Å². The molecular formula is C34H42O7. The molecule has 3 saturated carbocycles. The molecule has 3 unspecified atom stereocenters. The average Bonchev–Trinajstić information content (AvgIpc) is 3.43. The van der Waals surface area contributed by atoms with E-state index in [-0.39, 0.29) is 11.3 Å². The van der Waals surface area contributed by atoms with Crippen molar-refractivity contribution in [2.45, 2.75) is 85.2 Å². The summed E-state index contributed by atoms with van der Waals surface area (Å²) < 4.78 is 0. The molecule has 0 amide bonds. The molecular weight excluding hydrogens is 520 g/mol. The number of phenols is 1. The number of aromatic hydroxyl groups is 1. The summed E-state index contributed by atoms with van der Waals surface area (Å²) in [5.41, 5.74) is -3.73. The van der Waals surface area contributed by atoms with Gasteiger partial charge in [-0.25, -0.2) is 0 Å². The van der Waals surface area contributed by atoms with Crippen LogP contribution < -0.4 is 0 Å². The van der Waals surface area contributed by atoms with Crippen LogP contribution in [0.25, 0.3) is 0 Å². The van der Waals surface area contributed by atoms with Crippen LogP contribution in [0.1, 0.15) is 95.5 Å². The van der Waals surface area contributed by atoms with Gasteiger partial charge in [-0.3, -0.25) is 24.0 Å². The molecule has 8 atom stereocenters. The lowest BCUT2D eigenvalue weighted by molar-refractivity contribution is -0.222. The van der Waals surface area contributed by atoms with Gasteiger partial charge in [-0.15, -0.1) is 0 Å². The largest absolute Gasteiger partial charge is 0.507 e. The number of allylic oxidation sites excluding steroid dienone is 1. The monoisotopic (exact) mass is 562 g/mol. The number of rotatable bonds is 5. The van der Waals surface area contributed by atoms with E-state index in [1.807, 2.05) is 19.9 Å². The first-order chi connectivity index (χ1) is 19.1. The maximum atomic E-state index is 14.7. The Bertz CT molecular complexity index is 1380. The fourth-order valence-electron chi connectivity index (χ4n) is 9.66. The Morgan fingerprint density at radius 3 is 2.24 bits per heavy atom. The van der Waals surface area contributed by atoms with E-state index in [1.165, 1.54) is 6.07 Å². The van der Waals surface area contributed by atoms with Crippen LogP contribution >= 0.6 is 0 Å². The van der Waals surface area contributed by atoms with Crippen molar-refractivity contribution in [2.75, 3.05) is 0 Å². The van der Waals surface area contributed by atoms with Crippen LogP contribution in [0.15, 0.2) is 30.4 Å². The number of ketones is 5. The average molecular weight is 563 g/mol. The Kier molecular flexibility index (Phi) is 6.88. The third-order valence-corrected chi connectivity index (χ3v) is 11.9. The predicted molar refractivity (Wildman–Crippen MR) is 152 cm³/mol. The number of carbonyl (C=O) groups is 5. The zero-order chi connectivity index (χ0) is 30.4. The summed E-state index contributed by atoms with van der Waals surface area (Å²) in [4.78, 5) is 69.6. The van der Waals surface area contributed by atoms with Crippen LogP contribution in [-0.4, -0.2) is 44.7 Å². The van der Waals surface area contributed by atoms with Crippen molar-refractivity contribution in [1.29, 1.82) is 0 Å². The van der Waals surface area contributed by atoms with Crippen LogP contribution in [0.4, 0.5) is 0 Å². The molecule has 0 heterocycles. The number of benzene rings is 1. The van der Waals surface area contributed by atoms with Crippen molar-refractivity contribution in [2.24, 2.45) is 46.3 Å². The molecule has 0 radical (unpaired) electrons. The summed E-state index contributed by atoms with van der Waals surface area (Å²) in [7, 11) is 0. The third-order valence-electron chi connectivity index (χ3n) is 11.9. The molecule has 0 aromatic heterocycles. The summed E-state index contributed by atoms with van der Waals surface area (Å²) >= 11 is 0. The zero-order valence-electron chi connectivity index (χ0n) is 25.0. The van der Waals surface area contributed by atoms with Crippen molar-refractivity contribution >= 4 is 28.9 Å². The first kappa shape index (κ1) is 29.6. The van der Waals surface area contributed by atoms with Crippen molar-refractivity contribution in [3.8, 4) is 5.75 Å². The zero-order valence-corrected chi connectivity index (χ0v) is 25.0. The standard InChI is InChI=1S/C34H42O7/c1-16(2)26-28(37)24(18(4)35)30(39)34(41)31(40)27-29(38)25-21(13-10-14-23(25)36)22(15-17(3)20-11-8-9-12-20)32(27,6)19(5)33(26,34)7/h10,13-14,16,19-20,22,24,26-27,36,41H,3,8-9,11-12,15H2,1-2,4-7H3/t19-,22-,24?,26?,27?,32+,33-,34+/m1/s1. The Morgan fingerprint density at radius 2 is 1.68 bits per heavy atom. The number of fused-ring (bicyclic) bond motifs is 3. The summed E-state index contributed by atoms with van der Waals surface area (Å²) in [5.74, 6) is -9.68. The van der Waals surface area contributed by atoms with E-state index in [0.29, 0.717) is 17.9 Å². The van der Waals surface area contributed by atoms with E-state index in [2.05, 4.69) is 6.58 Å². The van der Waals surface area contributed by atoms with Crippen LogP contribution in [0, 0.1) is 46.3 Å². The highest BCUT2D eigenvalue weighted by atomic mass is 16.3. The fraction of sp³-hybridized carbons (Fsp3) is 0.618. The van der Waals surface area contributed by atoms with Crippen molar-refractivity contribution in [1.82, 2.24) is 0 Å². The molecule has 2 N–H and O–H groups in total. The Labute approximate surface area is 241 Å². The number of hydrogen-bond donors (Lipinski definition) is 2. The van der Waals surface area contributed by atoms with E-state index in [1.54, 1.807) is 26.8 Å². The normalized spacial score (nSPS) is 39.0. The molecule has 7 heteroatoms. The third kappa shape index (κ3) is 3.57.